The molecule has 0 bridgehead atoms. The first-order valence-corrected chi connectivity index (χ1v) is 38.7. The third-order valence-electron chi connectivity index (χ3n) is 16.6. The number of nitrogens with two attached hydrogens (primary N) is 1. The Morgan fingerprint density at radius 1 is 0.517 bits per heavy atom. The molecule has 0 saturated carbocycles. The van der Waals surface area contributed by atoms with Crippen LogP contribution in [-0.4, -0.2) is 333 Å². The van der Waals surface area contributed by atoms with Crippen LogP contribution >= 0.6 is 21.6 Å². The van der Waals surface area contributed by atoms with Crippen molar-refractivity contribution >= 4 is 128 Å². The van der Waals surface area contributed by atoms with Crippen LogP contribution in [0.4, 0.5) is 0 Å². The van der Waals surface area contributed by atoms with E-state index in [1.165, 1.54) is 24.3 Å². The van der Waals surface area contributed by atoms with Crippen molar-refractivity contribution in [3.05, 3.63) is 102 Å². The minimum Gasteiger partial charge on any atom is -0.508 e. The van der Waals surface area contributed by atoms with Gasteiger partial charge in [0.15, 0.2) is 6.04 Å². The maximum absolute atomic E-state index is 15.3. The summed E-state index contributed by atoms with van der Waals surface area (Å²) in [5.41, 5.74) is 7.96. The predicted molar refractivity (Wildman–Crippen MR) is 420 cm³/mol. The fourth-order valence-corrected chi connectivity index (χ4v) is 13.4. The van der Waals surface area contributed by atoms with Crippen molar-refractivity contribution < 1.29 is 133 Å². The Labute approximate surface area is 675 Å². The van der Waals surface area contributed by atoms with Gasteiger partial charge < -0.3 is 109 Å². The molecule has 0 radical (unpaired) electrons. The molecular formula is C73H106N14O27S2. The number of H-pyrrole nitrogens is 1. The Balaban J connectivity index is 0.00000260. The van der Waals surface area contributed by atoms with Crippen molar-refractivity contribution in [3.63, 3.8) is 0 Å². The average Bonchev–Trinajstić information content (AvgIpc) is 1.64. The molecule has 0 aliphatic carbocycles. The number of phenols is 1. The van der Waals surface area contributed by atoms with E-state index in [1.54, 1.807) is 80.4 Å². The van der Waals surface area contributed by atoms with E-state index in [0.717, 1.165) is 63.1 Å². The van der Waals surface area contributed by atoms with Gasteiger partial charge in [-0.2, -0.15) is 0 Å². The number of carboxylic acid groups (broad SMARTS) is 8. The molecule has 8 amide bonds. The molecular weight excluding hydrogens is 1570 g/mol. The quantitative estimate of drug-likeness (QED) is 0.0220. The molecule has 2 aliphatic heterocycles. The monoisotopic (exact) mass is 1670 g/mol. The lowest BCUT2D eigenvalue weighted by Gasteiger charge is -2.33. The summed E-state index contributed by atoms with van der Waals surface area (Å²) < 4.78 is 0. The summed E-state index contributed by atoms with van der Waals surface area (Å²) in [5, 5.41) is 122. The number of para-hydroxylation sites is 1. The number of aliphatic hydroxyl groups excluding tert-OH is 2. The maximum Gasteiger partial charge on any atom is 0.328 e. The first kappa shape index (κ1) is 101. The summed E-state index contributed by atoms with van der Waals surface area (Å²) in [6.45, 7) is 5.71. The number of aromatic hydroxyl groups is 1. The molecule has 41 nitrogen and oxygen atoms in total. The second kappa shape index (κ2) is 53.9. The van der Waals surface area contributed by atoms with Gasteiger partial charge in [0.1, 0.15) is 48.0 Å². The number of carboxylic acids is 8. The first-order valence-electron chi connectivity index (χ1n) is 36.2. The van der Waals surface area contributed by atoms with E-state index in [9.17, 15) is 78.9 Å². The molecule has 2 fully saturated rings. The van der Waals surface area contributed by atoms with Crippen molar-refractivity contribution in [1.29, 1.82) is 0 Å². The van der Waals surface area contributed by atoms with E-state index in [0.29, 0.717) is 34.0 Å². The molecule has 43 heteroatoms. The number of amides is 8. The zero-order valence-electron chi connectivity index (χ0n) is 64.8. The molecule has 3 heterocycles. The Morgan fingerprint density at radius 2 is 0.966 bits per heavy atom. The van der Waals surface area contributed by atoms with E-state index in [4.69, 9.17) is 45.3 Å². The van der Waals surface area contributed by atoms with Gasteiger partial charge in [-0.15, -0.1) is 0 Å². The smallest absolute Gasteiger partial charge is 0.328 e. The van der Waals surface area contributed by atoms with Crippen LogP contribution in [0.5, 0.6) is 5.75 Å². The van der Waals surface area contributed by atoms with Crippen LogP contribution in [0.1, 0.15) is 77.5 Å². The van der Waals surface area contributed by atoms with Crippen LogP contribution in [0, 0.1) is 0 Å². The van der Waals surface area contributed by atoms with Crippen LogP contribution in [0.3, 0.4) is 0 Å². The van der Waals surface area contributed by atoms with Gasteiger partial charge in [0, 0.05) is 128 Å². The third kappa shape index (κ3) is 42.3. The van der Waals surface area contributed by atoms with Gasteiger partial charge >= 0.3 is 23.9 Å². The molecule has 6 rings (SSSR count). The average molecular weight is 1680 g/mol. The number of aromatic nitrogens is 1. The summed E-state index contributed by atoms with van der Waals surface area (Å²) in [6, 6.07) is 7.92. The normalized spacial score (nSPS) is 19.7. The topological polar surface area (TPSA) is 647 Å². The van der Waals surface area contributed by atoms with Gasteiger partial charge in [-0.25, -0.2) is 4.79 Å². The number of phenolic OH excluding ortho intramolecular Hbond substituents is 1. The summed E-state index contributed by atoms with van der Waals surface area (Å²) in [5.74, 6) is -17.3. The molecule has 10 atom stereocenters. The number of aliphatic hydroxyl groups is 2. The summed E-state index contributed by atoms with van der Waals surface area (Å²) in [4.78, 5) is 212. The van der Waals surface area contributed by atoms with Crippen molar-refractivity contribution in [2.24, 2.45) is 5.73 Å². The lowest BCUT2D eigenvalue weighted by molar-refractivity contribution is -0.145. The molecule has 0 spiro atoms. The number of nitrogens with one attached hydrogen (secondary N) is 9. The lowest BCUT2D eigenvalue weighted by atomic mass is 10.0. The molecule has 0 unspecified atom stereocenters. The van der Waals surface area contributed by atoms with Crippen LogP contribution in [-0.2, 0) is 96.0 Å². The molecule has 22 N–H and O–H groups in total. The number of fused-ring (bicyclic) bond motifs is 1. The maximum atomic E-state index is 15.3. The van der Waals surface area contributed by atoms with Gasteiger partial charge in [-0.3, -0.25) is 91.5 Å². The Bertz CT molecular complexity index is 3800. The molecule has 2 aliphatic rings. The fraction of sp³-hybridized carbons (Fsp3) is 0.507. The van der Waals surface area contributed by atoms with E-state index in [1.807, 2.05) is 0 Å². The number of carbonyl (C=O) groups is 16. The van der Waals surface area contributed by atoms with Gasteiger partial charge in [0.2, 0.25) is 47.3 Å². The highest BCUT2D eigenvalue weighted by Crippen LogP contribution is 2.25. The third-order valence-corrected chi connectivity index (χ3v) is 19.0. The number of carbonyl (C=O) groups excluding carboxylic acids is 8. The number of hydrogen-bond acceptors (Lipinski definition) is 26. The highest BCUT2D eigenvalue weighted by atomic mass is 33.1. The second-order valence-corrected chi connectivity index (χ2v) is 29.1. The minimum atomic E-state index is -1.91. The van der Waals surface area contributed by atoms with Gasteiger partial charge in [-0.1, -0.05) is 82.3 Å². The van der Waals surface area contributed by atoms with Crippen LogP contribution in [0.25, 0.3) is 10.9 Å². The molecule has 3 aromatic carbocycles. The van der Waals surface area contributed by atoms with Gasteiger partial charge in [-0.05, 0) is 74.5 Å². The molecule has 2 saturated heterocycles. The number of benzene rings is 3. The Hall–Kier alpha value is -11.1. The summed E-state index contributed by atoms with van der Waals surface area (Å²) in [7, 11) is 1.66. The minimum absolute atomic E-state index is 0.0426. The first-order chi connectivity index (χ1) is 54.6. The number of unbranched alkanes of at least 4 members (excludes halogenated alkanes) is 1. The second-order valence-electron chi connectivity index (χ2n) is 26.6. The Kier molecular flexibility index (Phi) is 46.9. The lowest BCUT2D eigenvalue weighted by Crippen LogP contribution is -2.62. The number of aromatic amines is 1. The number of nitrogens with zero attached hydrogens (tertiary/aromatic N) is 4. The predicted octanol–water partition coefficient (Wildman–Crippen LogP) is -3.01. The summed E-state index contributed by atoms with van der Waals surface area (Å²) >= 11 is 0. The molecule has 642 valence electrons. The van der Waals surface area contributed by atoms with Crippen molar-refractivity contribution in [2.45, 2.75) is 141 Å². The molecule has 1 aromatic heterocycles. The molecule has 4 aromatic rings. The largest absolute Gasteiger partial charge is 0.508 e. The van der Waals surface area contributed by atoms with Crippen molar-refractivity contribution in [1.82, 2.24) is 67.1 Å². The Morgan fingerprint density at radius 3 is 1.44 bits per heavy atom. The standard InChI is InChI=1S/C65H90N14O19S2.4C2H4O2/c1-38(80)56-64(96)73-51(63(95)75-57(39(2)81)65(97)98)37-100-99-36-50(72-59(91)47(28-40-10-4-3-5-11-40)68-52(83)32-76-20-22-77(33-53(84)85)24-26-79(35-55(88)89)27-25-78(23-21-76)34-54(86)87)62(94)70-48(29-41-15-17-43(82)18-16-41)60(92)71-49(30-42-31-67-45-13-7-6-12-44(42)45)61(93)69-46(58(90)74-56)14-8-9-19-66;4*1-2(3)4/h3-7,10-13,15-18,31,38-39,46-51,56-57,67,80-82H,8-9,14,19-30,32-37,66H2,1-2H3,(H,68,83)(H,69,93)(H,70,94)(H,71,92)(H,72,91)(H,73,96)(H,74,90)(H,75,95)(H,84,85)(H,86,87)(H,88,89)(H,97,98);4*1H3,(H,3,4)/t38-,39-,46+,47-,48+,49-,50+,51+,56+,57+;;;;/m1..../s1. The fourth-order valence-electron chi connectivity index (χ4n) is 11.1. The zero-order chi connectivity index (χ0) is 87.3. The van der Waals surface area contributed by atoms with Crippen molar-refractivity contribution in [3.8, 4) is 5.75 Å². The van der Waals surface area contributed by atoms with Crippen LogP contribution in [0.2, 0.25) is 0 Å². The highest BCUT2D eigenvalue weighted by molar-refractivity contribution is 8.76. The van der Waals surface area contributed by atoms with E-state index < -0.39 is 187 Å². The van der Waals surface area contributed by atoms with E-state index in [2.05, 4.69) is 47.5 Å². The van der Waals surface area contributed by atoms with Gasteiger partial charge in [0.25, 0.3) is 23.9 Å². The number of hydrogen-bond donors (Lipinski definition) is 21. The zero-order valence-corrected chi connectivity index (χ0v) is 66.5. The highest BCUT2D eigenvalue weighted by Gasteiger charge is 2.38. The summed E-state index contributed by atoms with van der Waals surface area (Å²) in [6.07, 6.45) is -1.92. The SMILES string of the molecule is CC(=O)O.CC(=O)O.CC(=O)O.CC(=O)O.C[C@@H](O)[C@H](NC(=O)[C@@H]1CSSC[C@H](NC(=O)[C@@H](Cc2ccccc2)NC(=O)CN2CCN(CC(=O)O)CCN(CC(=O)O)CCN(CC(=O)O)CC2)C(=O)N[C@@H](Cc2ccc(O)cc2)C(=O)N[C@H](Cc2c[nH]c3ccccc23)C(=O)N[C@@H](CCCCN)C(=O)N[C@@H]([C@@H](C)O)C(=O)N1)C(=O)O. The number of aliphatic carboxylic acids is 8. The van der Waals surface area contributed by atoms with Crippen LogP contribution < -0.4 is 48.3 Å². The van der Waals surface area contributed by atoms with Gasteiger partial charge in [0.05, 0.1) is 38.4 Å². The van der Waals surface area contributed by atoms with Crippen LogP contribution in [0.15, 0.2) is 85.1 Å². The van der Waals surface area contributed by atoms with Crippen molar-refractivity contribution in [2.75, 3.05) is 96.6 Å². The number of rotatable bonds is 26. The van der Waals surface area contributed by atoms with E-state index >= 15 is 14.4 Å². The molecule has 116 heavy (non-hydrogen) atoms. The van der Waals surface area contributed by atoms with E-state index in [-0.39, 0.29) is 103 Å².